The Labute approximate surface area is 244 Å². The number of amides is 2. The average Bonchev–Trinajstić information content (AvgIpc) is 3.66. The fourth-order valence-corrected chi connectivity index (χ4v) is 4.97. The van der Waals surface area contributed by atoms with E-state index in [2.05, 4.69) is 36.4 Å². The highest BCUT2D eigenvalue weighted by molar-refractivity contribution is 6.00. The normalized spacial score (nSPS) is 17.2. The van der Waals surface area contributed by atoms with E-state index in [-0.39, 0.29) is 29.3 Å². The fourth-order valence-electron chi connectivity index (χ4n) is 4.97. The molecule has 3 aromatic heterocycles. The molecule has 20 heteroatoms. The van der Waals surface area contributed by atoms with Crippen molar-refractivity contribution in [2.75, 3.05) is 5.32 Å². The molecule has 1 fully saturated rings. The molecule has 44 heavy (non-hydrogen) atoms. The quantitative estimate of drug-likeness (QED) is 0.301. The number of hydrogen-bond acceptors (Lipinski definition) is 7. The van der Waals surface area contributed by atoms with Crippen LogP contribution in [0.1, 0.15) is 74.3 Å². The van der Waals surface area contributed by atoms with E-state index in [1.807, 2.05) is 0 Å². The van der Waals surface area contributed by atoms with Crippen LogP contribution in [0.25, 0.3) is 0 Å². The first-order valence-corrected chi connectivity index (χ1v) is 13.4. The maximum Gasteiger partial charge on any atom is 0.408 e. The molecule has 2 amide bonds. The number of anilines is 1. The summed E-state index contributed by atoms with van der Waals surface area (Å²) in [6, 6.07) is -2.07. The minimum absolute atomic E-state index is 0.0735. The zero-order valence-corrected chi connectivity index (χ0v) is 23.3. The topological polar surface area (TPSA) is 137 Å². The summed E-state index contributed by atoms with van der Waals surface area (Å²) in [5.74, 6) is -7.62. The van der Waals surface area contributed by atoms with Crippen LogP contribution in [0.15, 0.2) is 18.5 Å². The van der Waals surface area contributed by atoms with Crippen LogP contribution in [-0.4, -0.2) is 76.1 Å². The second-order valence-corrected chi connectivity index (χ2v) is 10.7. The molecule has 1 aliphatic rings. The predicted octanol–water partition coefficient (Wildman–Crippen LogP) is 4.16. The minimum atomic E-state index is -4.82. The molecule has 0 spiro atoms. The minimum Gasteiger partial charge on any atom is -0.339 e. The van der Waals surface area contributed by atoms with E-state index in [0.29, 0.717) is 4.68 Å². The summed E-state index contributed by atoms with van der Waals surface area (Å²) >= 11 is 0. The highest BCUT2D eigenvalue weighted by atomic mass is 19.4. The first-order valence-electron chi connectivity index (χ1n) is 13.4. The van der Waals surface area contributed by atoms with Crippen LogP contribution in [0.5, 0.6) is 0 Å². The first kappa shape index (κ1) is 32.8. The van der Waals surface area contributed by atoms with Crippen molar-refractivity contribution >= 4 is 17.5 Å². The van der Waals surface area contributed by atoms with Gasteiger partial charge in [-0.3, -0.25) is 19.0 Å². The maximum absolute atomic E-state index is 14.9. The Kier molecular flexibility index (Phi) is 9.57. The second-order valence-electron chi connectivity index (χ2n) is 10.7. The Hall–Kier alpha value is -4.13. The molecule has 2 N–H and O–H groups in total. The number of tetrazole rings is 1. The van der Waals surface area contributed by atoms with Gasteiger partial charge in [0.2, 0.25) is 18.3 Å². The highest BCUT2D eigenvalue weighted by Crippen LogP contribution is 2.38. The van der Waals surface area contributed by atoms with E-state index >= 15 is 0 Å². The number of hydrogen-bond donors (Lipinski definition) is 2. The lowest BCUT2D eigenvalue weighted by atomic mass is 9.81. The number of carbonyl (C=O) groups is 2. The van der Waals surface area contributed by atoms with Gasteiger partial charge in [0.25, 0.3) is 11.9 Å². The van der Waals surface area contributed by atoms with Crippen molar-refractivity contribution in [3.8, 4) is 0 Å². The van der Waals surface area contributed by atoms with Crippen LogP contribution < -0.4 is 10.6 Å². The van der Waals surface area contributed by atoms with Gasteiger partial charge in [0, 0.05) is 31.5 Å². The molecule has 242 valence electrons. The molecule has 3 heterocycles. The van der Waals surface area contributed by atoms with E-state index in [1.165, 1.54) is 16.9 Å². The second kappa shape index (κ2) is 12.8. The highest BCUT2D eigenvalue weighted by Gasteiger charge is 2.41. The van der Waals surface area contributed by atoms with Crippen molar-refractivity contribution in [3.63, 3.8) is 0 Å². The molecule has 1 saturated carbocycles. The summed E-state index contributed by atoms with van der Waals surface area (Å²) in [6.07, 6.45) is -8.40. The molecule has 0 aromatic carbocycles. The zero-order valence-electron chi connectivity index (χ0n) is 23.3. The number of nitrogens with one attached hydrogen (secondary N) is 2. The maximum atomic E-state index is 14.9. The third-order valence-corrected chi connectivity index (χ3v) is 7.05. The molecular formula is C24H28F8N10O2. The molecule has 2 atom stereocenters. The molecular weight excluding hydrogens is 612 g/mol. The van der Waals surface area contributed by atoms with Crippen molar-refractivity contribution in [2.45, 2.75) is 89.1 Å². The predicted molar refractivity (Wildman–Crippen MR) is 134 cm³/mol. The van der Waals surface area contributed by atoms with Gasteiger partial charge in [0.05, 0.1) is 6.20 Å². The number of aromatic nitrogens is 8. The van der Waals surface area contributed by atoms with Gasteiger partial charge in [0.1, 0.15) is 30.0 Å². The molecule has 12 nitrogen and oxygen atoms in total. The molecule has 1 aliphatic carbocycles. The van der Waals surface area contributed by atoms with E-state index < -0.39 is 91.6 Å². The zero-order chi connectivity index (χ0) is 32.4. The lowest BCUT2D eigenvalue weighted by Gasteiger charge is -2.33. The van der Waals surface area contributed by atoms with Crippen LogP contribution in [0.3, 0.4) is 0 Å². The smallest absolute Gasteiger partial charge is 0.339 e. The summed E-state index contributed by atoms with van der Waals surface area (Å²) in [6.45, 7) is 1.78. The molecule has 3 aromatic rings. The molecule has 0 radical (unpaired) electrons. The lowest BCUT2D eigenvalue weighted by molar-refractivity contribution is -0.143. The third-order valence-electron chi connectivity index (χ3n) is 7.05. The van der Waals surface area contributed by atoms with Gasteiger partial charge in [-0.1, -0.05) is 0 Å². The van der Waals surface area contributed by atoms with Gasteiger partial charge in [0.15, 0.2) is 5.82 Å². The van der Waals surface area contributed by atoms with E-state index in [9.17, 15) is 44.7 Å². The molecule has 0 aliphatic heterocycles. The fraction of sp³-hybridized carbons (Fsp3) is 0.625. The molecule has 0 bridgehead atoms. The van der Waals surface area contributed by atoms with Crippen molar-refractivity contribution in [1.29, 1.82) is 0 Å². The number of nitrogens with zero attached hydrogens (tertiary/aromatic N) is 8. The molecule has 2 unspecified atom stereocenters. The summed E-state index contributed by atoms with van der Waals surface area (Å²) in [5, 5.41) is 21.9. The number of rotatable bonds is 11. The van der Waals surface area contributed by atoms with E-state index in [0.717, 1.165) is 6.20 Å². The Morgan fingerprint density at radius 1 is 1.16 bits per heavy atom. The van der Waals surface area contributed by atoms with Crippen molar-refractivity contribution in [2.24, 2.45) is 5.92 Å². The average molecular weight is 641 g/mol. The SMILES string of the molecule is CC(C)n1nccc1C(=O)NC(C(=O)Nc1cn(C(CC(F)F)c2nnnn2CC(F)(F)F)nc1F)C1CCC(F)(F)CC1. The largest absolute Gasteiger partial charge is 0.408 e. The third kappa shape index (κ3) is 7.87. The first-order chi connectivity index (χ1) is 20.5. The van der Waals surface area contributed by atoms with E-state index in [1.54, 1.807) is 13.8 Å². The molecule has 0 saturated heterocycles. The Balaban J connectivity index is 1.61. The van der Waals surface area contributed by atoms with Crippen LogP contribution in [0.4, 0.5) is 40.8 Å². The number of alkyl halides is 7. The van der Waals surface area contributed by atoms with Gasteiger partial charge >= 0.3 is 6.18 Å². The number of halogens is 8. The monoisotopic (exact) mass is 640 g/mol. The summed E-state index contributed by atoms with van der Waals surface area (Å²) in [7, 11) is 0. The van der Waals surface area contributed by atoms with Crippen LogP contribution >= 0.6 is 0 Å². The van der Waals surface area contributed by atoms with Crippen molar-refractivity contribution < 1.29 is 44.7 Å². The van der Waals surface area contributed by atoms with E-state index in [4.69, 9.17) is 0 Å². The van der Waals surface area contributed by atoms with Crippen molar-refractivity contribution in [1.82, 2.24) is 45.1 Å². The lowest BCUT2D eigenvalue weighted by Crippen LogP contribution is -2.50. The summed E-state index contributed by atoms with van der Waals surface area (Å²) in [5.41, 5.74) is -0.596. The van der Waals surface area contributed by atoms with Crippen LogP contribution in [-0.2, 0) is 11.3 Å². The van der Waals surface area contributed by atoms with Crippen molar-refractivity contribution in [3.05, 3.63) is 35.9 Å². The van der Waals surface area contributed by atoms with Gasteiger partial charge in [-0.2, -0.15) is 22.7 Å². The number of carbonyl (C=O) groups excluding carboxylic acids is 2. The Morgan fingerprint density at radius 3 is 2.45 bits per heavy atom. The van der Waals surface area contributed by atoms with Crippen LogP contribution in [0, 0.1) is 11.9 Å². The van der Waals surface area contributed by atoms with Gasteiger partial charge in [-0.05, 0) is 49.1 Å². The molecule has 4 rings (SSSR count). The Bertz CT molecular complexity index is 1440. The van der Waals surface area contributed by atoms with Gasteiger partial charge in [-0.15, -0.1) is 10.2 Å². The summed E-state index contributed by atoms with van der Waals surface area (Å²) < 4.78 is 111. The van der Waals surface area contributed by atoms with Gasteiger partial charge < -0.3 is 10.6 Å². The summed E-state index contributed by atoms with van der Waals surface area (Å²) in [4.78, 5) is 26.6. The van der Waals surface area contributed by atoms with Gasteiger partial charge in [-0.25, -0.2) is 22.2 Å². The Morgan fingerprint density at radius 2 is 1.84 bits per heavy atom. The standard InChI is InChI=1S/C24H28F8N10O2/c1-12(2)42-15(5-8-33-42)21(43)35-18(13-3-6-23(28,29)7-4-13)22(44)34-14-10-40(37-19(14)27)16(9-17(25)26)20-36-38-39-41(20)11-24(30,31)32/h5,8,10,12-13,16-18H,3-4,6-7,9,11H2,1-2H3,(H,34,44)(H,35,43). The van der Waals surface area contributed by atoms with Crippen LogP contribution in [0.2, 0.25) is 0 Å².